The number of piperidine rings is 1. The summed E-state index contributed by atoms with van der Waals surface area (Å²) >= 11 is 0. The van der Waals surface area contributed by atoms with Crippen molar-refractivity contribution in [2.45, 2.75) is 39.2 Å². The van der Waals surface area contributed by atoms with Crippen molar-refractivity contribution in [3.63, 3.8) is 0 Å². The highest BCUT2D eigenvalue weighted by Crippen LogP contribution is 2.19. The Kier molecular flexibility index (Phi) is 4.42. The summed E-state index contributed by atoms with van der Waals surface area (Å²) in [5.74, 6) is 1.59. The van der Waals surface area contributed by atoms with E-state index in [9.17, 15) is 0 Å². The lowest BCUT2D eigenvalue weighted by atomic mass is 9.94. The number of aromatic nitrogens is 2. The van der Waals surface area contributed by atoms with Crippen molar-refractivity contribution in [2.75, 3.05) is 25.4 Å². The third kappa shape index (κ3) is 3.73. The zero-order valence-electron chi connectivity index (χ0n) is 10.8. The molecule has 1 aromatic heterocycles. The highest BCUT2D eigenvalue weighted by atomic mass is 15.3. The highest BCUT2D eigenvalue weighted by molar-refractivity contribution is 5.23. The van der Waals surface area contributed by atoms with Gasteiger partial charge in [0.05, 0.1) is 0 Å². The number of hydrogen-bond donors (Lipinski definition) is 1. The molecule has 4 heteroatoms. The van der Waals surface area contributed by atoms with Crippen LogP contribution in [-0.4, -0.2) is 34.3 Å². The molecule has 2 heterocycles. The summed E-state index contributed by atoms with van der Waals surface area (Å²) in [5.41, 5.74) is 5.58. The molecule has 0 atom stereocenters. The van der Waals surface area contributed by atoms with Crippen LogP contribution in [0, 0.1) is 5.92 Å². The van der Waals surface area contributed by atoms with Crippen molar-refractivity contribution >= 4 is 5.82 Å². The molecule has 1 saturated heterocycles. The molecule has 0 saturated carbocycles. The minimum absolute atomic E-state index is 0.619. The minimum atomic E-state index is 0.619. The molecule has 4 nitrogen and oxygen atoms in total. The Balaban J connectivity index is 1.63. The predicted octanol–water partition coefficient (Wildman–Crippen LogP) is 1.98. The predicted molar refractivity (Wildman–Crippen MR) is 70.7 cm³/mol. The lowest BCUT2D eigenvalue weighted by Crippen LogP contribution is -2.34. The molecule has 0 amide bonds. The Bertz CT molecular complexity index is 326. The molecule has 96 valence electrons. The van der Waals surface area contributed by atoms with E-state index >= 15 is 0 Å². The molecule has 0 aliphatic carbocycles. The van der Waals surface area contributed by atoms with E-state index in [-0.39, 0.29) is 0 Å². The molecule has 2 N–H and O–H groups in total. The first kappa shape index (κ1) is 12.4. The molecule has 2 rings (SSSR count). The number of rotatable bonds is 5. The zero-order valence-corrected chi connectivity index (χ0v) is 10.8. The first-order valence-corrected chi connectivity index (χ1v) is 6.79. The lowest BCUT2D eigenvalue weighted by Gasteiger charge is -2.31. The van der Waals surface area contributed by atoms with Crippen molar-refractivity contribution in [1.82, 2.24) is 14.7 Å². The molecule has 1 aromatic rings. The monoisotopic (exact) mass is 236 g/mol. The van der Waals surface area contributed by atoms with Gasteiger partial charge in [-0.3, -0.25) is 4.68 Å². The third-order valence-electron chi connectivity index (χ3n) is 3.81. The van der Waals surface area contributed by atoms with Crippen molar-refractivity contribution < 1.29 is 0 Å². The highest BCUT2D eigenvalue weighted by Gasteiger charge is 2.16. The molecule has 1 aliphatic rings. The fourth-order valence-electron chi connectivity index (χ4n) is 2.58. The summed E-state index contributed by atoms with van der Waals surface area (Å²) in [6, 6.07) is 1.85. The number of nitrogens with two attached hydrogens (primary N) is 1. The molecule has 0 bridgehead atoms. The average Bonchev–Trinajstić information content (AvgIpc) is 2.76. The molecule has 0 radical (unpaired) electrons. The van der Waals surface area contributed by atoms with E-state index in [0.717, 1.165) is 18.9 Å². The van der Waals surface area contributed by atoms with Crippen LogP contribution in [0.1, 0.15) is 32.6 Å². The molecule has 1 fully saturated rings. The van der Waals surface area contributed by atoms with Crippen LogP contribution in [0.25, 0.3) is 0 Å². The molecule has 1 aliphatic heterocycles. The van der Waals surface area contributed by atoms with Crippen molar-refractivity contribution in [2.24, 2.45) is 5.92 Å². The van der Waals surface area contributed by atoms with Gasteiger partial charge in [0.15, 0.2) is 0 Å². The van der Waals surface area contributed by atoms with E-state index in [0.29, 0.717) is 5.82 Å². The number of likely N-dealkylation sites (tertiary alicyclic amines) is 1. The Labute approximate surface area is 104 Å². The van der Waals surface area contributed by atoms with Crippen molar-refractivity contribution in [3.8, 4) is 0 Å². The lowest BCUT2D eigenvalue weighted by molar-refractivity contribution is 0.177. The first-order chi connectivity index (χ1) is 8.28. The van der Waals surface area contributed by atoms with Gasteiger partial charge in [0.2, 0.25) is 0 Å². The standard InChI is InChI=1S/C13H24N4/c1-2-12-4-9-16(10-5-12)7-3-8-17-11-6-13(14)15-17/h6,11-12H,2-5,7-10H2,1H3,(H2,14,15). The summed E-state index contributed by atoms with van der Waals surface area (Å²) < 4.78 is 1.94. The summed E-state index contributed by atoms with van der Waals surface area (Å²) in [7, 11) is 0. The van der Waals surface area contributed by atoms with Crippen LogP contribution in [0.5, 0.6) is 0 Å². The molecular weight excluding hydrogens is 212 g/mol. The van der Waals surface area contributed by atoms with E-state index in [1.807, 2.05) is 16.9 Å². The molecular formula is C13H24N4. The van der Waals surface area contributed by atoms with E-state index < -0.39 is 0 Å². The maximum Gasteiger partial charge on any atom is 0.145 e. The van der Waals surface area contributed by atoms with E-state index in [1.54, 1.807) is 0 Å². The number of aryl methyl sites for hydroxylation is 1. The van der Waals surface area contributed by atoms with Gasteiger partial charge in [-0.15, -0.1) is 0 Å². The zero-order chi connectivity index (χ0) is 12.1. The van der Waals surface area contributed by atoms with Gasteiger partial charge in [0.25, 0.3) is 0 Å². The summed E-state index contributed by atoms with van der Waals surface area (Å²) in [6.45, 7) is 7.03. The number of nitrogens with zero attached hydrogens (tertiary/aromatic N) is 3. The molecule has 0 unspecified atom stereocenters. The maximum absolute atomic E-state index is 5.58. The van der Waals surface area contributed by atoms with Gasteiger partial charge in [0, 0.05) is 12.7 Å². The topological polar surface area (TPSA) is 47.1 Å². The van der Waals surface area contributed by atoms with Crippen LogP contribution in [-0.2, 0) is 6.54 Å². The first-order valence-electron chi connectivity index (χ1n) is 6.79. The average molecular weight is 236 g/mol. The Hall–Kier alpha value is -1.03. The maximum atomic E-state index is 5.58. The van der Waals surface area contributed by atoms with Crippen LogP contribution < -0.4 is 5.73 Å². The largest absolute Gasteiger partial charge is 0.382 e. The minimum Gasteiger partial charge on any atom is -0.382 e. The second kappa shape index (κ2) is 6.05. The van der Waals surface area contributed by atoms with Gasteiger partial charge in [-0.25, -0.2) is 0 Å². The SMILES string of the molecule is CCC1CCN(CCCn2ccc(N)n2)CC1. The van der Waals surface area contributed by atoms with Gasteiger partial charge < -0.3 is 10.6 Å². The number of anilines is 1. The summed E-state index contributed by atoms with van der Waals surface area (Å²) in [6.07, 6.45) is 7.23. The van der Waals surface area contributed by atoms with Gasteiger partial charge >= 0.3 is 0 Å². The molecule has 0 aromatic carbocycles. The van der Waals surface area contributed by atoms with Gasteiger partial charge in [-0.05, 0) is 50.9 Å². The third-order valence-corrected chi connectivity index (χ3v) is 3.81. The van der Waals surface area contributed by atoms with Crippen molar-refractivity contribution in [3.05, 3.63) is 12.3 Å². The van der Waals surface area contributed by atoms with Gasteiger partial charge in [-0.2, -0.15) is 5.10 Å². The van der Waals surface area contributed by atoms with E-state index in [4.69, 9.17) is 5.73 Å². The normalized spacial score (nSPS) is 18.6. The number of hydrogen-bond acceptors (Lipinski definition) is 3. The Morgan fingerprint density at radius 3 is 2.71 bits per heavy atom. The van der Waals surface area contributed by atoms with Crippen molar-refractivity contribution in [1.29, 1.82) is 0 Å². The Morgan fingerprint density at radius 2 is 2.12 bits per heavy atom. The van der Waals surface area contributed by atoms with Gasteiger partial charge in [0.1, 0.15) is 5.82 Å². The smallest absolute Gasteiger partial charge is 0.145 e. The van der Waals surface area contributed by atoms with Crippen LogP contribution >= 0.6 is 0 Å². The second-order valence-electron chi connectivity index (χ2n) is 5.05. The van der Waals surface area contributed by atoms with E-state index in [1.165, 1.54) is 38.9 Å². The van der Waals surface area contributed by atoms with Crippen LogP contribution in [0.4, 0.5) is 5.82 Å². The fraction of sp³-hybridized carbons (Fsp3) is 0.769. The fourth-order valence-corrected chi connectivity index (χ4v) is 2.58. The summed E-state index contributed by atoms with van der Waals surface area (Å²) in [4.78, 5) is 2.58. The van der Waals surface area contributed by atoms with Gasteiger partial charge in [-0.1, -0.05) is 13.3 Å². The molecule has 0 spiro atoms. The number of nitrogen functional groups attached to an aromatic ring is 1. The second-order valence-corrected chi connectivity index (χ2v) is 5.05. The quantitative estimate of drug-likeness (QED) is 0.850. The van der Waals surface area contributed by atoms with Crippen LogP contribution in [0.3, 0.4) is 0 Å². The van der Waals surface area contributed by atoms with Crippen LogP contribution in [0.2, 0.25) is 0 Å². The molecule has 17 heavy (non-hydrogen) atoms. The Morgan fingerprint density at radius 1 is 1.35 bits per heavy atom. The van der Waals surface area contributed by atoms with Crippen LogP contribution in [0.15, 0.2) is 12.3 Å². The summed E-state index contributed by atoms with van der Waals surface area (Å²) in [5, 5.41) is 4.19. The van der Waals surface area contributed by atoms with E-state index in [2.05, 4.69) is 16.9 Å².